The van der Waals surface area contributed by atoms with Gasteiger partial charge in [0.2, 0.25) is 0 Å². The Hall–Kier alpha value is -2.29. The summed E-state index contributed by atoms with van der Waals surface area (Å²) in [5.41, 5.74) is 1.87. The lowest BCUT2D eigenvalue weighted by Gasteiger charge is -2.35. The van der Waals surface area contributed by atoms with Gasteiger partial charge in [-0.3, -0.25) is 4.90 Å². The van der Waals surface area contributed by atoms with E-state index < -0.39 is 0 Å². The third kappa shape index (κ3) is 3.43. The molecule has 1 aliphatic heterocycles. The number of rotatable bonds is 4. The molecule has 0 N–H and O–H groups in total. The number of carbonyl (C=O) groups is 1. The average Bonchev–Trinajstić information content (AvgIpc) is 2.52. The predicted molar refractivity (Wildman–Crippen MR) is 85.6 cm³/mol. The van der Waals surface area contributed by atoms with Gasteiger partial charge in [-0.05, 0) is 17.6 Å². The van der Waals surface area contributed by atoms with Crippen LogP contribution in [-0.4, -0.2) is 23.6 Å². The second kappa shape index (κ2) is 6.93. The fourth-order valence-corrected chi connectivity index (χ4v) is 2.37. The van der Waals surface area contributed by atoms with Gasteiger partial charge in [0, 0.05) is 0 Å². The maximum atomic E-state index is 12.4. The number of hydrogen-bond donors (Lipinski definition) is 0. The van der Waals surface area contributed by atoms with Crippen LogP contribution in [-0.2, 0) is 4.74 Å². The molecule has 0 bridgehead atoms. The summed E-state index contributed by atoms with van der Waals surface area (Å²) in [6.07, 6.45) is 7.22. The number of carbonyl (C=O) groups excluding carboxylic acids is 1. The van der Waals surface area contributed by atoms with Crippen molar-refractivity contribution in [2.75, 3.05) is 6.61 Å². The molecule has 0 radical (unpaired) electrons. The van der Waals surface area contributed by atoms with Gasteiger partial charge in [0.1, 0.15) is 6.61 Å². The first-order valence-corrected chi connectivity index (χ1v) is 7.16. The maximum absolute atomic E-state index is 12.4. The quantitative estimate of drug-likeness (QED) is 0.773. The van der Waals surface area contributed by atoms with Gasteiger partial charge in [0.15, 0.2) is 0 Å². The van der Waals surface area contributed by atoms with E-state index >= 15 is 0 Å². The Bertz CT molecular complexity index is 558. The summed E-state index contributed by atoms with van der Waals surface area (Å²) < 4.78 is 5.26. The fourth-order valence-electron chi connectivity index (χ4n) is 2.37. The van der Waals surface area contributed by atoms with Crippen molar-refractivity contribution in [2.24, 2.45) is 5.92 Å². The van der Waals surface area contributed by atoms with E-state index in [-0.39, 0.29) is 18.7 Å². The first-order valence-electron chi connectivity index (χ1n) is 7.16. The van der Waals surface area contributed by atoms with Crippen LogP contribution in [0.1, 0.15) is 19.4 Å². The summed E-state index contributed by atoms with van der Waals surface area (Å²) in [4.78, 5) is 14.2. The molecule has 0 saturated heterocycles. The van der Waals surface area contributed by atoms with Crippen molar-refractivity contribution in [1.82, 2.24) is 4.90 Å². The van der Waals surface area contributed by atoms with Crippen molar-refractivity contribution < 1.29 is 9.53 Å². The lowest BCUT2D eigenvalue weighted by Crippen LogP contribution is -2.42. The van der Waals surface area contributed by atoms with Crippen LogP contribution in [0.25, 0.3) is 5.70 Å². The highest BCUT2D eigenvalue weighted by Crippen LogP contribution is 2.29. The zero-order valence-electron chi connectivity index (χ0n) is 12.5. The third-order valence-corrected chi connectivity index (χ3v) is 3.39. The van der Waals surface area contributed by atoms with E-state index in [1.807, 2.05) is 48.6 Å². The summed E-state index contributed by atoms with van der Waals surface area (Å²) >= 11 is 0. The lowest BCUT2D eigenvalue weighted by atomic mass is 9.97. The molecule has 2 rings (SSSR count). The fraction of sp³-hybridized carbons (Fsp3) is 0.278. The van der Waals surface area contributed by atoms with Crippen molar-refractivity contribution in [3.8, 4) is 0 Å². The Morgan fingerprint density at radius 3 is 2.71 bits per heavy atom. The Labute approximate surface area is 126 Å². The van der Waals surface area contributed by atoms with Crippen molar-refractivity contribution in [3.63, 3.8) is 0 Å². The minimum atomic E-state index is -0.340. The molecule has 110 valence electrons. The van der Waals surface area contributed by atoms with Crippen molar-refractivity contribution in [1.29, 1.82) is 0 Å². The van der Waals surface area contributed by atoms with E-state index in [0.29, 0.717) is 5.92 Å². The molecule has 1 aliphatic rings. The van der Waals surface area contributed by atoms with Gasteiger partial charge in [-0.2, -0.15) is 0 Å². The van der Waals surface area contributed by atoms with Gasteiger partial charge in [-0.15, -0.1) is 0 Å². The Morgan fingerprint density at radius 1 is 1.38 bits per heavy atom. The Kier molecular flexibility index (Phi) is 4.99. The maximum Gasteiger partial charge on any atom is 0.415 e. The van der Waals surface area contributed by atoms with E-state index in [4.69, 9.17) is 4.74 Å². The second-order valence-corrected chi connectivity index (χ2v) is 5.27. The highest BCUT2D eigenvalue weighted by Gasteiger charge is 2.30. The minimum absolute atomic E-state index is 0.0116. The van der Waals surface area contributed by atoms with E-state index in [1.54, 1.807) is 11.0 Å². The molecule has 1 amide bonds. The standard InChI is InChI=1S/C18H21NO2/c1-4-13-21-18(20)19-16(14(2)3)11-8-12-17(19)15-9-6-5-7-10-15/h4-12,14,16H,1,13H2,2-3H3. The van der Waals surface area contributed by atoms with Crippen LogP contribution in [0.5, 0.6) is 0 Å². The second-order valence-electron chi connectivity index (χ2n) is 5.27. The van der Waals surface area contributed by atoms with Gasteiger partial charge in [0.05, 0.1) is 11.7 Å². The minimum Gasteiger partial charge on any atom is -0.445 e. The molecule has 1 atom stereocenters. The molecule has 21 heavy (non-hydrogen) atoms. The normalized spacial score (nSPS) is 17.6. The predicted octanol–water partition coefficient (Wildman–Crippen LogP) is 4.25. The van der Waals surface area contributed by atoms with Crippen LogP contribution in [0.3, 0.4) is 0 Å². The molecule has 0 aliphatic carbocycles. The van der Waals surface area contributed by atoms with Crippen LogP contribution in [0.2, 0.25) is 0 Å². The van der Waals surface area contributed by atoms with E-state index in [2.05, 4.69) is 20.4 Å². The smallest absolute Gasteiger partial charge is 0.415 e. The summed E-state index contributed by atoms with van der Waals surface area (Å²) in [5.74, 6) is 0.296. The molecule has 0 fully saturated rings. The largest absolute Gasteiger partial charge is 0.445 e. The number of amides is 1. The number of nitrogens with zero attached hydrogens (tertiary/aromatic N) is 1. The monoisotopic (exact) mass is 283 g/mol. The molecule has 3 heteroatoms. The van der Waals surface area contributed by atoms with Crippen LogP contribution in [0, 0.1) is 5.92 Å². The molecule has 0 spiro atoms. The van der Waals surface area contributed by atoms with Crippen molar-refractivity contribution in [3.05, 3.63) is 66.8 Å². The molecule has 1 heterocycles. The van der Waals surface area contributed by atoms with E-state index in [1.165, 1.54) is 0 Å². The highest BCUT2D eigenvalue weighted by molar-refractivity contribution is 5.84. The zero-order chi connectivity index (χ0) is 15.2. The number of hydrogen-bond acceptors (Lipinski definition) is 2. The Morgan fingerprint density at radius 2 is 2.10 bits per heavy atom. The molecular formula is C18H21NO2. The molecule has 0 saturated carbocycles. The zero-order valence-corrected chi connectivity index (χ0v) is 12.5. The van der Waals surface area contributed by atoms with Crippen molar-refractivity contribution >= 4 is 11.8 Å². The molecule has 1 aromatic rings. The first kappa shape index (κ1) is 15.1. The van der Waals surface area contributed by atoms with Gasteiger partial charge >= 0.3 is 6.09 Å². The van der Waals surface area contributed by atoms with Gasteiger partial charge < -0.3 is 4.74 Å². The molecule has 1 aromatic carbocycles. The van der Waals surface area contributed by atoms with E-state index in [9.17, 15) is 4.79 Å². The van der Waals surface area contributed by atoms with Crippen molar-refractivity contribution in [2.45, 2.75) is 19.9 Å². The van der Waals surface area contributed by atoms with Gasteiger partial charge in [-0.25, -0.2) is 4.79 Å². The molecule has 0 aromatic heterocycles. The number of ether oxygens (including phenoxy) is 1. The summed E-state index contributed by atoms with van der Waals surface area (Å²) in [7, 11) is 0. The van der Waals surface area contributed by atoms with E-state index in [0.717, 1.165) is 11.3 Å². The molecule has 3 nitrogen and oxygen atoms in total. The van der Waals surface area contributed by atoms with Crippen LogP contribution < -0.4 is 0 Å². The number of benzene rings is 1. The lowest BCUT2D eigenvalue weighted by molar-refractivity contribution is 0.118. The average molecular weight is 283 g/mol. The Balaban J connectivity index is 2.36. The molecule has 1 unspecified atom stereocenters. The molecular weight excluding hydrogens is 262 g/mol. The summed E-state index contributed by atoms with van der Waals surface area (Å²) in [6.45, 7) is 7.99. The highest BCUT2D eigenvalue weighted by atomic mass is 16.6. The van der Waals surface area contributed by atoms with Gasteiger partial charge in [-0.1, -0.05) is 69.0 Å². The first-order chi connectivity index (χ1) is 10.1. The number of allylic oxidation sites excluding steroid dienone is 2. The van der Waals surface area contributed by atoms with Gasteiger partial charge in [0.25, 0.3) is 0 Å². The SMILES string of the molecule is C=CCOC(=O)N1C(c2ccccc2)=CC=CC1C(C)C. The van der Waals surface area contributed by atoms with Crippen LogP contribution >= 0.6 is 0 Å². The summed E-state index contributed by atoms with van der Waals surface area (Å²) in [6, 6.07) is 9.87. The topological polar surface area (TPSA) is 29.5 Å². The summed E-state index contributed by atoms with van der Waals surface area (Å²) in [5, 5.41) is 0. The van der Waals surface area contributed by atoms with Crippen LogP contribution in [0.15, 0.2) is 61.2 Å². The third-order valence-electron chi connectivity index (χ3n) is 3.39. The van der Waals surface area contributed by atoms with Crippen LogP contribution in [0.4, 0.5) is 4.79 Å².